The Morgan fingerprint density at radius 3 is 2.83 bits per heavy atom. The lowest BCUT2D eigenvalue weighted by atomic mass is 9.97. The number of anilines is 1. The highest BCUT2D eigenvalue weighted by Gasteiger charge is 2.30. The highest BCUT2D eigenvalue weighted by atomic mass is 79.9. The molecule has 3 nitrogen and oxygen atoms in total. The highest BCUT2D eigenvalue weighted by molar-refractivity contribution is 9.10. The monoisotopic (exact) mass is 377 g/mol. The molecule has 1 atom stereocenters. The van der Waals surface area contributed by atoms with Gasteiger partial charge in [0.25, 0.3) is 0 Å². The van der Waals surface area contributed by atoms with Crippen LogP contribution in [0.1, 0.15) is 24.5 Å². The average Bonchev–Trinajstić information content (AvgIpc) is 2.55. The van der Waals surface area contributed by atoms with E-state index in [0.717, 1.165) is 24.0 Å². The number of carbonyl (C=O) groups is 1. The van der Waals surface area contributed by atoms with Gasteiger partial charge in [0, 0.05) is 6.04 Å². The summed E-state index contributed by atoms with van der Waals surface area (Å²) in [5, 5.41) is 0. The predicted molar refractivity (Wildman–Crippen MR) is 91.0 cm³/mol. The first-order chi connectivity index (χ1) is 11.1. The third-order valence-electron chi connectivity index (χ3n) is 4.06. The van der Waals surface area contributed by atoms with Crippen LogP contribution in [-0.4, -0.2) is 12.1 Å². The summed E-state index contributed by atoms with van der Waals surface area (Å²) in [6.45, 7) is 2.16. The first-order valence-electron chi connectivity index (χ1n) is 7.54. The maximum absolute atomic E-state index is 13.9. The predicted octanol–water partition coefficient (Wildman–Crippen LogP) is 5.07. The van der Waals surface area contributed by atoms with Gasteiger partial charge in [-0.15, -0.1) is 0 Å². The van der Waals surface area contributed by atoms with Crippen molar-refractivity contribution in [2.75, 3.05) is 4.90 Å². The molecule has 1 unspecified atom stereocenters. The van der Waals surface area contributed by atoms with E-state index in [1.807, 2.05) is 37.3 Å². The number of hydrogen-bond acceptors (Lipinski definition) is 2. The topological polar surface area (TPSA) is 29.5 Å². The summed E-state index contributed by atoms with van der Waals surface area (Å²) in [5.41, 5.74) is 2.48. The number of benzene rings is 2. The van der Waals surface area contributed by atoms with Gasteiger partial charge < -0.3 is 4.74 Å². The number of amides is 1. The Balaban J connectivity index is 1.81. The molecule has 1 heterocycles. The zero-order chi connectivity index (χ0) is 16.4. The molecule has 1 aliphatic rings. The van der Waals surface area contributed by atoms with Crippen molar-refractivity contribution in [3.05, 3.63) is 63.9 Å². The fourth-order valence-corrected chi connectivity index (χ4v) is 3.19. The Bertz CT molecular complexity index is 720. The van der Waals surface area contributed by atoms with E-state index >= 15 is 0 Å². The lowest BCUT2D eigenvalue weighted by molar-refractivity contribution is 0.144. The summed E-state index contributed by atoms with van der Waals surface area (Å²) in [4.78, 5) is 14.1. The van der Waals surface area contributed by atoms with Gasteiger partial charge in [-0.3, -0.25) is 4.90 Å². The number of hydrogen-bond donors (Lipinski definition) is 0. The maximum atomic E-state index is 13.9. The molecule has 0 saturated heterocycles. The Hall–Kier alpha value is -1.88. The molecule has 0 saturated carbocycles. The normalized spacial score (nSPS) is 16.8. The number of rotatable bonds is 2. The van der Waals surface area contributed by atoms with Crippen LogP contribution in [0.5, 0.6) is 0 Å². The van der Waals surface area contributed by atoms with Crippen LogP contribution in [0, 0.1) is 5.82 Å². The van der Waals surface area contributed by atoms with Crippen LogP contribution in [0.4, 0.5) is 14.9 Å². The fraction of sp³-hybridized carbons (Fsp3) is 0.278. The van der Waals surface area contributed by atoms with Crippen LogP contribution in [0.25, 0.3) is 0 Å². The second-order valence-electron chi connectivity index (χ2n) is 5.69. The molecule has 23 heavy (non-hydrogen) atoms. The second-order valence-corrected chi connectivity index (χ2v) is 6.55. The van der Waals surface area contributed by atoms with Crippen molar-refractivity contribution in [2.24, 2.45) is 0 Å². The quantitative estimate of drug-likeness (QED) is 0.731. The summed E-state index contributed by atoms with van der Waals surface area (Å²) < 4.78 is 19.7. The molecule has 5 heteroatoms. The number of aryl methyl sites for hydroxylation is 1. The van der Waals surface area contributed by atoms with E-state index in [4.69, 9.17) is 4.74 Å². The van der Waals surface area contributed by atoms with Gasteiger partial charge in [0.05, 0.1) is 10.2 Å². The van der Waals surface area contributed by atoms with Crippen molar-refractivity contribution in [3.8, 4) is 0 Å². The first kappa shape index (κ1) is 16.0. The van der Waals surface area contributed by atoms with Crippen LogP contribution in [0.15, 0.2) is 46.9 Å². The SMILES string of the molecule is CC1CCc2cc(Br)c(F)cc2N1C(=O)OCc1ccccc1. The molecule has 0 aliphatic carbocycles. The molecule has 2 aromatic carbocycles. The van der Waals surface area contributed by atoms with E-state index < -0.39 is 6.09 Å². The van der Waals surface area contributed by atoms with Gasteiger partial charge >= 0.3 is 6.09 Å². The Kier molecular flexibility index (Phi) is 4.66. The molecular weight excluding hydrogens is 361 g/mol. The zero-order valence-corrected chi connectivity index (χ0v) is 14.3. The molecule has 0 fully saturated rings. The number of carbonyl (C=O) groups excluding carboxylic acids is 1. The van der Waals surface area contributed by atoms with Gasteiger partial charge in [-0.05, 0) is 59.0 Å². The lowest BCUT2D eigenvalue weighted by Gasteiger charge is -2.34. The third kappa shape index (κ3) is 3.39. The van der Waals surface area contributed by atoms with Crippen LogP contribution >= 0.6 is 15.9 Å². The van der Waals surface area contributed by atoms with E-state index in [0.29, 0.717) is 10.2 Å². The molecule has 0 aromatic heterocycles. The smallest absolute Gasteiger partial charge is 0.414 e. The van der Waals surface area contributed by atoms with Crippen LogP contribution in [-0.2, 0) is 17.8 Å². The molecule has 2 aromatic rings. The summed E-state index contributed by atoms with van der Waals surface area (Å²) in [6.07, 6.45) is 1.20. The van der Waals surface area contributed by atoms with Gasteiger partial charge in [-0.1, -0.05) is 30.3 Å². The van der Waals surface area contributed by atoms with Crippen molar-refractivity contribution >= 4 is 27.7 Å². The molecule has 3 rings (SSSR count). The molecule has 0 spiro atoms. The van der Waals surface area contributed by atoms with Crippen molar-refractivity contribution in [2.45, 2.75) is 32.4 Å². The highest BCUT2D eigenvalue weighted by Crippen LogP contribution is 2.34. The Labute approximate surface area is 143 Å². The van der Waals surface area contributed by atoms with Gasteiger partial charge in [0.2, 0.25) is 0 Å². The number of fused-ring (bicyclic) bond motifs is 1. The second kappa shape index (κ2) is 6.71. The minimum Gasteiger partial charge on any atom is -0.444 e. The minimum absolute atomic E-state index is 0.0219. The minimum atomic E-state index is -0.441. The van der Waals surface area contributed by atoms with E-state index in [-0.39, 0.29) is 18.5 Å². The zero-order valence-electron chi connectivity index (χ0n) is 12.8. The number of ether oxygens (including phenoxy) is 1. The molecule has 0 radical (unpaired) electrons. The average molecular weight is 378 g/mol. The summed E-state index contributed by atoms with van der Waals surface area (Å²) in [7, 11) is 0. The van der Waals surface area contributed by atoms with Crippen LogP contribution in [0.3, 0.4) is 0 Å². The fourth-order valence-electron chi connectivity index (χ4n) is 2.80. The largest absolute Gasteiger partial charge is 0.444 e. The maximum Gasteiger partial charge on any atom is 0.414 e. The van der Waals surface area contributed by atoms with Crippen LogP contribution in [0.2, 0.25) is 0 Å². The Morgan fingerprint density at radius 2 is 2.09 bits per heavy atom. The molecule has 120 valence electrons. The number of halogens is 2. The van der Waals surface area contributed by atoms with Gasteiger partial charge in [0.15, 0.2) is 0 Å². The molecule has 1 amide bonds. The van der Waals surface area contributed by atoms with Crippen molar-refractivity contribution in [1.29, 1.82) is 0 Å². The first-order valence-corrected chi connectivity index (χ1v) is 8.33. The molecule has 1 aliphatic heterocycles. The summed E-state index contributed by atoms with van der Waals surface area (Å²) in [5.74, 6) is -0.376. The summed E-state index contributed by atoms with van der Waals surface area (Å²) >= 11 is 3.20. The standard InChI is InChI=1S/C18H17BrFNO2/c1-12-7-8-14-9-15(19)16(20)10-17(14)21(12)18(22)23-11-13-5-3-2-4-6-13/h2-6,9-10,12H,7-8,11H2,1H3. The van der Waals surface area contributed by atoms with Gasteiger partial charge in [-0.25, -0.2) is 9.18 Å². The van der Waals surface area contributed by atoms with Crippen LogP contribution < -0.4 is 4.90 Å². The number of nitrogens with zero attached hydrogens (tertiary/aromatic N) is 1. The molecule has 0 bridgehead atoms. The van der Waals surface area contributed by atoms with Crippen molar-refractivity contribution < 1.29 is 13.9 Å². The van der Waals surface area contributed by atoms with Crippen molar-refractivity contribution in [1.82, 2.24) is 0 Å². The van der Waals surface area contributed by atoms with E-state index in [2.05, 4.69) is 15.9 Å². The van der Waals surface area contributed by atoms with E-state index in [1.165, 1.54) is 6.07 Å². The summed E-state index contributed by atoms with van der Waals surface area (Å²) in [6, 6.07) is 12.6. The van der Waals surface area contributed by atoms with Crippen molar-refractivity contribution in [3.63, 3.8) is 0 Å². The molecular formula is C18H17BrFNO2. The third-order valence-corrected chi connectivity index (χ3v) is 4.66. The molecule has 0 N–H and O–H groups in total. The Morgan fingerprint density at radius 1 is 1.35 bits per heavy atom. The lowest BCUT2D eigenvalue weighted by Crippen LogP contribution is -2.42. The van der Waals surface area contributed by atoms with E-state index in [9.17, 15) is 9.18 Å². The van der Waals surface area contributed by atoms with Gasteiger partial charge in [-0.2, -0.15) is 0 Å². The van der Waals surface area contributed by atoms with Gasteiger partial charge in [0.1, 0.15) is 12.4 Å². The van der Waals surface area contributed by atoms with E-state index in [1.54, 1.807) is 11.0 Å².